The molecular formula is C12H20N2O2. The predicted molar refractivity (Wildman–Crippen MR) is 60.1 cm³/mol. The van der Waals surface area contributed by atoms with E-state index in [4.69, 9.17) is 5.11 Å². The van der Waals surface area contributed by atoms with Crippen molar-refractivity contribution in [3.8, 4) is 0 Å². The van der Waals surface area contributed by atoms with E-state index in [9.17, 15) is 4.79 Å². The van der Waals surface area contributed by atoms with E-state index < -0.39 is 5.97 Å². The standard InChI is InChI=1S/C12H20N2O2/c15-12(16)11-9-6-14(7-10(9)11)5-8-2-1-3-13-4-8/h8-11,13H,1-7H2,(H,15,16). The maximum atomic E-state index is 10.8. The zero-order valence-electron chi connectivity index (χ0n) is 9.56. The van der Waals surface area contributed by atoms with E-state index in [-0.39, 0.29) is 5.92 Å². The van der Waals surface area contributed by atoms with E-state index in [0.29, 0.717) is 11.8 Å². The molecule has 0 amide bonds. The first-order chi connectivity index (χ1) is 7.75. The van der Waals surface area contributed by atoms with Gasteiger partial charge in [0, 0.05) is 19.6 Å². The van der Waals surface area contributed by atoms with Crippen LogP contribution in [0.5, 0.6) is 0 Å². The number of fused-ring (bicyclic) bond motifs is 1. The first-order valence-corrected chi connectivity index (χ1v) is 6.41. The molecule has 1 aliphatic carbocycles. The number of nitrogens with one attached hydrogen (secondary N) is 1. The molecule has 1 saturated carbocycles. The van der Waals surface area contributed by atoms with Crippen LogP contribution in [0.2, 0.25) is 0 Å². The smallest absolute Gasteiger partial charge is 0.307 e. The lowest BCUT2D eigenvalue weighted by molar-refractivity contribution is -0.139. The molecule has 4 heteroatoms. The Balaban J connectivity index is 1.45. The molecule has 0 aromatic heterocycles. The summed E-state index contributed by atoms with van der Waals surface area (Å²) in [5.74, 6) is 1.13. The maximum Gasteiger partial charge on any atom is 0.307 e. The Kier molecular flexibility index (Phi) is 2.64. The molecule has 0 aromatic rings. The molecule has 3 fully saturated rings. The minimum absolute atomic E-state index is 0.0132. The second-order valence-corrected chi connectivity index (χ2v) is 5.62. The number of hydrogen-bond donors (Lipinski definition) is 2. The van der Waals surface area contributed by atoms with Gasteiger partial charge >= 0.3 is 5.97 Å². The number of rotatable bonds is 3. The van der Waals surface area contributed by atoms with E-state index in [0.717, 1.165) is 25.6 Å². The lowest BCUT2D eigenvalue weighted by Gasteiger charge is -2.28. The minimum atomic E-state index is -0.575. The summed E-state index contributed by atoms with van der Waals surface area (Å²) in [7, 11) is 0. The van der Waals surface area contributed by atoms with Gasteiger partial charge < -0.3 is 15.3 Å². The van der Waals surface area contributed by atoms with Gasteiger partial charge in [-0.15, -0.1) is 0 Å². The number of likely N-dealkylation sites (tertiary alicyclic amines) is 1. The quantitative estimate of drug-likeness (QED) is 0.721. The summed E-state index contributed by atoms with van der Waals surface area (Å²) in [5, 5.41) is 12.4. The molecular weight excluding hydrogens is 204 g/mol. The zero-order valence-corrected chi connectivity index (χ0v) is 9.56. The Morgan fingerprint density at radius 3 is 2.69 bits per heavy atom. The zero-order chi connectivity index (χ0) is 11.1. The van der Waals surface area contributed by atoms with Crippen LogP contribution >= 0.6 is 0 Å². The van der Waals surface area contributed by atoms with Crippen LogP contribution in [-0.2, 0) is 4.79 Å². The number of nitrogens with zero attached hydrogens (tertiary/aromatic N) is 1. The van der Waals surface area contributed by atoms with Crippen LogP contribution in [0.3, 0.4) is 0 Å². The molecule has 2 aliphatic heterocycles. The molecule has 0 spiro atoms. The summed E-state index contributed by atoms with van der Waals surface area (Å²) in [6, 6.07) is 0. The molecule has 2 heterocycles. The minimum Gasteiger partial charge on any atom is -0.481 e. The highest BCUT2D eigenvalue weighted by Crippen LogP contribution is 2.51. The molecule has 0 radical (unpaired) electrons. The fourth-order valence-electron chi connectivity index (χ4n) is 3.57. The molecule has 0 aromatic carbocycles. The van der Waals surface area contributed by atoms with Crippen molar-refractivity contribution in [2.75, 3.05) is 32.7 Å². The van der Waals surface area contributed by atoms with Crippen molar-refractivity contribution in [3.63, 3.8) is 0 Å². The molecule has 2 N–H and O–H groups in total. The number of carbonyl (C=O) groups is 1. The first-order valence-electron chi connectivity index (χ1n) is 6.41. The number of carboxylic acid groups (broad SMARTS) is 1. The van der Waals surface area contributed by atoms with E-state index in [2.05, 4.69) is 10.2 Å². The second kappa shape index (κ2) is 4.00. The topological polar surface area (TPSA) is 52.6 Å². The SMILES string of the molecule is O=C(O)C1C2CN(CC3CCCNC3)CC21. The van der Waals surface area contributed by atoms with Crippen molar-refractivity contribution >= 4 is 5.97 Å². The van der Waals surface area contributed by atoms with E-state index >= 15 is 0 Å². The lowest BCUT2D eigenvalue weighted by atomic mass is 9.99. The van der Waals surface area contributed by atoms with Crippen molar-refractivity contribution in [1.29, 1.82) is 0 Å². The second-order valence-electron chi connectivity index (χ2n) is 5.62. The van der Waals surface area contributed by atoms with E-state index in [1.807, 2.05) is 0 Å². The van der Waals surface area contributed by atoms with Crippen molar-refractivity contribution in [2.24, 2.45) is 23.7 Å². The summed E-state index contributed by atoms with van der Waals surface area (Å²) < 4.78 is 0. The van der Waals surface area contributed by atoms with Crippen molar-refractivity contribution in [1.82, 2.24) is 10.2 Å². The summed E-state index contributed by atoms with van der Waals surface area (Å²) in [6.45, 7) is 5.54. The van der Waals surface area contributed by atoms with Gasteiger partial charge in [0.25, 0.3) is 0 Å². The largest absolute Gasteiger partial charge is 0.481 e. The Bertz CT molecular complexity index is 277. The number of aliphatic carboxylic acids is 1. The van der Waals surface area contributed by atoms with E-state index in [1.165, 1.54) is 25.9 Å². The molecule has 4 nitrogen and oxygen atoms in total. The van der Waals surface area contributed by atoms with Gasteiger partial charge in [0.05, 0.1) is 5.92 Å². The van der Waals surface area contributed by atoms with Gasteiger partial charge in [0.2, 0.25) is 0 Å². The summed E-state index contributed by atoms with van der Waals surface area (Å²) in [4.78, 5) is 13.3. The highest BCUT2D eigenvalue weighted by atomic mass is 16.4. The lowest BCUT2D eigenvalue weighted by Crippen LogP contribution is -2.38. The summed E-state index contributed by atoms with van der Waals surface area (Å²) in [5.41, 5.74) is 0. The number of piperidine rings is 2. The van der Waals surface area contributed by atoms with Crippen LogP contribution in [0.4, 0.5) is 0 Å². The molecule has 90 valence electrons. The third kappa shape index (κ3) is 1.84. The number of carboxylic acids is 1. The Labute approximate surface area is 96.0 Å². The van der Waals surface area contributed by atoms with Crippen LogP contribution in [0.15, 0.2) is 0 Å². The molecule has 3 atom stereocenters. The van der Waals surface area contributed by atoms with Crippen LogP contribution in [-0.4, -0.2) is 48.7 Å². The molecule has 3 rings (SSSR count). The third-order valence-corrected chi connectivity index (χ3v) is 4.47. The van der Waals surface area contributed by atoms with Crippen LogP contribution in [0.1, 0.15) is 12.8 Å². The molecule has 3 aliphatic rings. The van der Waals surface area contributed by atoms with E-state index in [1.54, 1.807) is 0 Å². The van der Waals surface area contributed by atoms with Gasteiger partial charge in [-0.05, 0) is 43.7 Å². The van der Waals surface area contributed by atoms with Gasteiger partial charge in [0.1, 0.15) is 0 Å². The Hall–Kier alpha value is -0.610. The third-order valence-electron chi connectivity index (χ3n) is 4.47. The average Bonchev–Trinajstić information content (AvgIpc) is 2.79. The molecule has 3 unspecified atom stereocenters. The van der Waals surface area contributed by atoms with Crippen molar-refractivity contribution in [3.05, 3.63) is 0 Å². The fourth-order valence-corrected chi connectivity index (χ4v) is 3.57. The van der Waals surface area contributed by atoms with Crippen LogP contribution < -0.4 is 5.32 Å². The number of hydrogen-bond acceptors (Lipinski definition) is 3. The monoisotopic (exact) mass is 224 g/mol. The van der Waals surface area contributed by atoms with Crippen molar-refractivity contribution < 1.29 is 9.90 Å². The molecule has 0 bridgehead atoms. The first kappa shape index (κ1) is 10.5. The van der Waals surface area contributed by atoms with Crippen LogP contribution in [0.25, 0.3) is 0 Å². The average molecular weight is 224 g/mol. The normalized spacial score (nSPS) is 43.0. The Morgan fingerprint density at radius 1 is 1.38 bits per heavy atom. The van der Waals surface area contributed by atoms with Gasteiger partial charge in [0.15, 0.2) is 0 Å². The molecule has 2 saturated heterocycles. The highest BCUT2D eigenvalue weighted by molar-refractivity contribution is 5.74. The van der Waals surface area contributed by atoms with Crippen LogP contribution in [0, 0.1) is 23.7 Å². The molecule has 16 heavy (non-hydrogen) atoms. The van der Waals surface area contributed by atoms with Gasteiger partial charge in [-0.3, -0.25) is 4.79 Å². The van der Waals surface area contributed by atoms with Crippen molar-refractivity contribution in [2.45, 2.75) is 12.8 Å². The maximum absolute atomic E-state index is 10.8. The van der Waals surface area contributed by atoms with Gasteiger partial charge in [-0.2, -0.15) is 0 Å². The highest BCUT2D eigenvalue weighted by Gasteiger charge is 2.59. The summed E-state index contributed by atoms with van der Waals surface area (Å²) >= 11 is 0. The van der Waals surface area contributed by atoms with Gasteiger partial charge in [-0.25, -0.2) is 0 Å². The predicted octanol–water partition coefficient (Wildman–Crippen LogP) is 0.248. The fraction of sp³-hybridized carbons (Fsp3) is 0.917. The Morgan fingerprint density at radius 2 is 2.12 bits per heavy atom. The summed E-state index contributed by atoms with van der Waals surface area (Å²) in [6.07, 6.45) is 2.63. The van der Waals surface area contributed by atoms with Gasteiger partial charge in [-0.1, -0.05) is 0 Å².